The summed E-state index contributed by atoms with van der Waals surface area (Å²) in [6.07, 6.45) is 26.4. The number of hydrogen-bond donors (Lipinski definition) is 10. The van der Waals surface area contributed by atoms with E-state index in [1.54, 1.807) is 0 Å². The molecule has 148 heavy (non-hydrogen) atoms. The van der Waals surface area contributed by atoms with E-state index in [9.17, 15) is 60.0 Å². The summed E-state index contributed by atoms with van der Waals surface area (Å²) in [7, 11) is 0. The Labute approximate surface area is 897 Å². The molecule has 0 amide bonds. The first-order valence-electron chi connectivity index (χ1n) is 54.3. The number of unbranched alkanes of at least 4 members (excludes halogenated alkanes) is 8. The number of ether oxygens (including phenoxy) is 6. The lowest BCUT2D eigenvalue weighted by atomic mass is 9.83. The van der Waals surface area contributed by atoms with Crippen LogP contribution in [-0.2, 0) is 73.3 Å². The molecule has 22 nitrogen and oxygen atoms in total. The first-order valence-corrected chi connectivity index (χ1v) is 56.1. The highest BCUT2D eigenvalue weighted by Gasteiger charge is 2.46. The standard InChI is InChI=1S/C33H44ClNO5.C32H44ClNO5.C29H37ClO5.C28H37ClO5/c34-29-24-31(37)33(27-15-13-26(14-16-27)30(36)17-12-25-8-4-3-5-9-25)28(29)10-6-1-2-7-11-32(38)40-23-20-35-18-21-39-22-19-35;33-28-23-30(36)32(26-14-12-25(13-15-26)29(35)22-24-8-4-3-5-9-24)27(28)10-6-1-2-7-11-31(37)39-21-18-34-16-19-38-20-17-34;30-25-20-27(33)29(24(25)10-6-1-2-7-11-28(34)35-19-18-31)23-15-13-22(14-16-23)26(32)17-12-21-8-4-3-5-9-21;29-24-19-26(32)28(23(24)10-6-1-2-7-11-27(33)34-17-16-30)22-14-12-21(13-15-22)25(31)18-20-8-4-3-5-9-20/h1,3-6,8-9,13-16,28-31,33,36-37H,2,7,10-12,17-24H2;3-5,8-9,12-15,27-30,32,35-36H,1-2,6-7,10-11,16-23H2;1,3-6,8-9,13-16,24-27,29,31-33H,2,7,10-12,17-20H2;3-5,8-9,12-15,23-26,28,30-32H,1-2,6-7,10-11,16-19H2/b6-1-;;6-1-;/t28-,29+,30?,31+,33+;27-,28+,29?,30+,32+;24-,25+,26?,27+,29+;23-,24+,25?,26+,28+/m0000/s1. The summed E-state index contributed by atoms with van der Waals surface area (Å²) in [6, 6.07) is 72.3. The maximum atomic E-state index is 12.0. The Morgan fingerprint density at radius 1 is 0.324 bits per heavy atom. The second kappa shape index (κ2) is 67.3. The molecule has 2 heterocycles. The van der Waals surface area contributed by atoms with Crippen LogP contribution in [0.1, 0.15) is 282 Å². The molecule has 0 bridgehead atoms. The fourth-order valence-electron chi connectivity index (χ4n) is 21.6. The van der Waals surface area contributed by atoms with Crippen molar-refractivity contribution in [2.24, 2.45) is 23.7 Å². The van der Waals surface area contributed by atoms with Gasteiger partial charge < -0.3 is 79.5 Å². The zero-order valence-corrected chi connectivity index (χ0v) is 89.2. The van der Waals surface area contributed by atoms with Gasteiger partial charge in [0.15, 0.2) is 0 Å². The molecule has 4 aliphatic carbocycles. The largest absolute Gasteiger partial charge is 0.464 e. The molecule has 0 aromatic heterocycles. The SMILES string of the molecule is O=C(CCC/C=C\C[C@@H]1[C@@H](c2ccc(C(O)CCc3ccccc3)cc2)[C@H](O)C[C@H]1Cl)OCCN1CCOCC1.O=C(CCC/C=C\C[C@@H]1[C@@H](c2ccc(C(O)CCc3ccccc3)cc2)[C@H](O)C[C@H]1Cl)OCCO.O=C(CCCCCC[C@@H]1[C@@H](c2ccc(C(O)Cc3ccccc3)cc2)[C@H](O)C[C@H]1Cl)OCCN1CCOCC1.O=C(CCCCCC[C@@H]1[C@@H](c2ccc(C(O)Cc3ccccc3)cc2)[C@H](O)C[C@H]1Cl)OCCO. The fraction of sp³-hybridized carbons (Fsp3) is 0.541. The van der Waals surface area contributed by atoms with Gasteiger partial charge in [0.25, 0.3) is 0 Å². The highest BCUT2D eigenvalue weighted by molar-refractivity contribution is 6.22. The third-order valence-electron chi connectivity index (χ3n) is 29.9. The van der Waals surface area contributed by atoms with Gasteiger partial charge in [-0.3, -0.25) is 29.0 Å². The van der Waals surface area contributed by atoms with Crippen LogP contribution in [0.2, 0.25) is 0 Å². The number of halogens is 4. The van der Waals surface area contributed by atoms with Crippen molar-refractivity contribution in [1.29, 1.82) is 0 Å². The number of esters is 4. The molecule has 2 saturated heterocycles. The van der Waals surface area contributed by atoms with E-state index >= 15 is 0 Å². The van der Waals surface area contributed by atoms with E-state index in [1.165, 1.54) is 11.1 Å². The van der Waals surface area contributed by atoms with E-state index in [0.717, 1.165) is 230 Å². The zero-order chi connectivity index (χ0) is 105. The summed E-state index contributed by atoms with van der Waals surface area (Å²) < 4.78 is 31.2. The van der Waals surface area contributed by atoms with Crippen LogP contribution in [0, 0.1) is 23.7 Å². The van der Waals surface area contributed by atoms with Crippen molar-refractivity contribution in [1.82, 2.24) is 9.80 Å². The third-order valence-corrected chi connectivity index (χ3v) is 31.9. The number of carbonyl (C=O) groups excluding carboxylic acids is 4. The molecule has 8 aromatic rings. The quantitative estimate of drug-likeness (QED) is 0.00556. The molecule has 2 aliphatic heterocycles. The van der Waals surface area contributed by atoms with Crippen LogP contribution >= 0.6 is 46.4 Å². The molecule has 4 unspecified atom stereocenters. The van der Waals surface area contributed by atoms with Gasteiger partial charge in [0.2, 0.25) is 0 Å². The molecule has 6 fully saturated rings. The number of carbonyl (C=O) groups is 4. The minimum absolute atomic E-state index is 0.00345. The van der Waals surface area contributed by atoms with Gasteiger partial charge in [-0.1, -0.05) is 281 Å². The van der Waals surface area contributed by atoms with Gasteiger partial charge in [-0.05, 0) is 206 Å². The van der Waals surface area contributed by atoms with E-state index in [-0.39, 0.29) is 119 Å². The molecule has 20 atom stereocenters. The minimum Gasteiger partial charge on any atom is -0.464 e. The Bertz CT molecular complexity index is 5050. The summed E-state index contributed by atoms with van der Waals surface area (Å²) in [5, 5.41) is 103. The summed E-state index contributed by atoms with van der Waals surface area (Å²) in [4.78, 5) is 51.5. The predicted molar refractivity (Wildman–Crippen MR) is 585 cm³/mol. The first kappa shape index (κ1) is 120. The normalized spacial score (nSPS) is 23.8. The van der Waals surface area contributed by atoms with Crippen molar-refractivity contribution in [3.05, 3.63) is 309 Å². The molecule has 0 radical (unpaired) electrons. The molecular weight excluding hydrogens is 1960 g/mol. The van der Waals surface area contributed by atoms with Gasteiger partial charge in [0.05, 0.1) is 88.5 Å². The van der Waals surface area contributed by atoms with Gasteiger partial charge in [-0.25, -0.2) is 0 Å². The van der Waals surface area contributed by atoms with Crippen molar-refractivity contribution >= 4 is 70.3 Å². The lowest BCUT2D eigenvalue weighted by Crippen LogP contribution is -2.38. The summed E-state index contributed by atoms with van der Waals surface area (Å²) in [5.74, 6) is -0.222. The lowest BCUT2D eigenvalue weighted by Gasteiger charge is -2.26. The van der Waals surface area contributed by atoms with Gasteiger partial charge in [0.1, 0.15) is 26.4 Å². The molecule has 8 aromatic carbocycles. The van der Waals surface area contributed by atoms with Gasteiger partial charge in [0, 0.05) is 123 Å². The summed E-state index contributed by atoms with van der Waals surface area (Å²) in [5.41, 5.74) is 12.4. The monoisotopic (exact) mass is 2120 g/mol. The minimum atomic E-state index is -0.567. The van der Waals surface area contributed by atoms with Crippen molar-refractivity contribution in [3.63, 3.8) is 0 Å². The Hall–Kier alpha value is -8.28. The van der Waals surface area contributed by atoms with Crippen LogP contribution in [0.3, 0.4) is 0 Å². The maximum Gasteiger partial charge on any atom is 0.305 e. The number of allylic oxidation sites excluding steroid dienone is 4. The molecule has 10 N–H and O–H groups in total. The number of alkyl halides is 4. The van der Waals surface area contributed by atoms with E-state index in [1.807, 2.05) is 194 Å². The number of rotatable bonds is 54. The summed E-state index contributed by atoms with van der Waals surface area (Å²) in [6.45, 7) is 8.85. The van der Waals surface area contributed by atoms with Crippen LogP contribution in [0.4, 0.5) is 0 Å². The molecule has 4 saturated carbocycles. The molecule has 6 aliphatic rings. The van der Waals surface area contributed by atoms with E-state index in [0.29, 0.717) is 96.7 Å². The molecule has 14 rings (SSSR count). The Morgan fingerprint density at radius 3 is 0.905 bits per heavy atom. The van der Waals surface area contributed by atoms with E-state index < -0.39 is 48.8 Å². The molecule has 26 heteroatoms. The second-order valence-electron chi connectivity index (χ2n) is 40.5. The van der Waals surface area contributed by atoms with Gasteiger partial charge >= 0.3 is 23.9 Å². The average Bonchev–Trinajstić information content (AvgIpc) is 1.67. The Kier molecular flexibility index (Phi) is 54.5. The van der Waals surface area contributed by atoms with Crippen molar-refractivity contribution in [2.45, 2.75) is 287 Å². The predicted octanol–water partition coefficient (Wildman–Crippen LogP) is 20.7. The highest BCUT2D eigenvalue weighted by atomic mass is 35.5. The average molecular weight is 2120 g/mol. The van der Waals surface area contributed by atoms with Gasteiger partial charge in [-0.15, -0.1) is 46.4 Å². The van der Waals surface area contributed by atoms with Crippen LogP contribution < -0.4 is 0 Å². The second-order valence-corrected chi connectivity index (χ2v) is 42.8. The summed E-state index contributed by atoms with van der Waals surface area (Å²) >= 11 is 26.6. The van der Waals surface area contributed by atoms with Gasteiger partial charge in [-0.2, -0.15) is 0 Å². The smallest absolute Gasteiger partial charge is 0.305 e. The van der Waals surface area contributed by atoms with Crippen LogP contribution in [0.5, 0.6) is 0 Å². The number of morpholine rings is 2. The first-order chi connectivity index (χ1) is 72.0. The zero-order valence-electron chi connectivity index (χ0n) is 86.1. The number of aryl methyl sites for hydroxylation is 2. The number of aliphatic hydroxyl groups excluding tert-OH is 10. The van der Waals surface area contributed by atoms with Crippen LogP contribution in [0.25, 0.3) is 0 Å². The van der Waals surface area contributed by atoms with Crippen molar-refractivity contribution < 1.29 is 98.7 Å². The van der Waals surface area contributed by atoms with Crippen LogP contribution in [-0.4, -0.2) is 236 Å². The number of aliphatic hydroxyl groups is 10. The highest BCUT2D eigenvalue weighted by Crippen LogP contribution is 2.50. The molecule has 808 valence electrons. The fourth-order valence-corrected chi connectivity index (χ4v) is 23.5. The number of nitrogens with zero attached hydrogens (tertiary/aromatic N) is 2. The van der Waals surface area contributed by atoms with Crippen molar-refractivity contribution in [3.8, 4) is 0 Å². The Morgan fingerprint density at radius 2 is 0.595 bits per heavy atom. The van der Waals surface area contributed by atoms with Crippen molar-refractivity contribution in [2.75, 3.05) is 105 Å². The topological polar surface area (TPSA) is 332 Å². The van der Waals surface area contributed by atoms with Crippen LogP contribution in [0.15, 0.2) is 243 Å². The third kappa shape index (κ3) is 41.3. The number of hydrogen-bond acceptors (Lipinski definition) is 22. The number of benzene rings is 8. The molecule has 0 spiro atoms. The molecular formula is C122H162Cl4N2O20. The Balaban J connectivity index is 0.000000188. The maximum absolute atomic E-state index is 12.0. The lowest BCUT2D eigenvalue weighted by molar-refractivity contribution is -0.145. The van der Waals surface area contributed by atoms with E-state index in [4.69, 9.17) is 85.0 Å². The van der Waals surface area contributed by atoms with E-state index in [2.05, 4.69) is 58.4 Å².